The lowest BCUT2D eigenvalue weighted by Crippen LogP contribution is -2.10. The van der Waals surface area contributed by atoms with E-state index in [0.29, 0.717) is 6.61 Å². The fraction of sp³-hybridized carbons (Fsp3) is 0.333. The van der Waals surface area contributed by atoms with Crippen LogP contribution in [0.5, 0.6) is 5.75 Å². The molecule has 0 bridgehead atoms. The summed E-state index contributed by atoms with van der Waals surface area (Å²) in [5.41, 5.74) is 8.13. The molecule has 0 fully saturated rings. The lowest BCUT2D eigenvalue weighted by atomic mass is 10.1. The second-order valence-electron chi connectivity index (χ2n) is 2.96. The molecular weight excluding hydrogens is 138 g/mol. The van der Waals surface area contributed by atoms with Crippen molar-refractivity contribution in [1.29, 1.82) is 0 Å². The molecule has 0 aromatic heterocycles. The minimum absolute atomic E-state index is 0.0746. The van der Waals surface area contributed by atoms with Gasteiger partial charge in [0, 0.05) is 5.56 Å². The molecule has 1 atom stereocenters. The van der Waals surface area contributed by atoms with Gasteiger partial charge in [-0.15, -0.1) is 0 Å². The van der Waals surface area contributed by atoms with Gasteiger partial charge in [0.25, 0.3) is 0 Å². The van der Waals surface area contributed by atoms with Gasteiger partial charge >= 0.3 is 0 Å². The maximum atomic E-state index is 5.77. The smallest absolute Gasteiger partial charge is 0.124 e. The number of nitrogens with two attached hydrogens (primary N) is 1. The number of hydrogen-bond donors (Lipinski definition) is 1. The Kier molecular flexibility index (Phi) is 1.36. The summed E-state index contributed by atoms with van der Waals surface area (Å²) in [6, 6.07) is 6.21. The van der Waals surface area contributed by atoms with Gasteiger partial charge in [-0.2, -0.15) is 0 Å². The summed E-state index contributed by atoms with van der Waals surface area (Å²) in [7, 11) is 0. The Morgan fingerprint density at radius 2 is 2.36 bits per heavy atom. The first-order valence-corrected chi connectivity index (χ1v) is 3.76. The van der Waals surface area contributed by atoms with Crippen molar-refractivity contribution in [3.8, 4) is 5.75 Å². The van der Waals surface area contributed by atoms with E-state index in [-0.39, 0.29) is 6.04 Å². The minimum Gasteiger partial charge on any atom is -0.491 e. The van der Waals surface area contributed by atoms with E-state index in [1.165, 1.54) is 5.56 Å². The first kappa shape index (κ1) is 6.68. The number of ether oxygens (including phenoxy) is 1. The average Bonchev–Trinajstić information content (AvgIpc) is 2.32. The van der Waals surface area contributed by atoms with Crippen molar-refractivity contribution >= 4 is 0 Å². The molecule has 2 nitrogen and oxygen atoms in total. The quantitative estimate of drug-likeness (QED) is 0.605. The maximum absolute atomic E-state index is 5.77. The molecule has 58 valence electrons. The predicted octanol–water partition coefficient (Wildman–Crippen LogP) is 1.39. The van der Waals surface area contributed by atoms with Gasteiger partial charge in [0.05, 0.1) is 6.04 Å². The number of hydrogen-bond acceptors (Lipinski definition) is 2. The standard InChI is InChI=1S/C9H11NO/c1-6-2-3-7-8(10)5-11-9(7)4-6/h2-4,8H,5,10H2,1H3/t8-/m1/s1. The Labute approximate surface area is 66.0 Å². The zero-order valence-electron chi connectivity index (χ0n) is 6.50. The number of fused-ring (bicyclic) bond motifs is 1. The maximum Gasteiger partial charge on any atom is 0.124 e. The van der Waals surface area contributed by atoms with E-state index < -0.39 is 0 Å². The molecule has 1 aromatic carbocycles. The molecule has 1 aliphatic rings. The molecule has 2 heteroatoms. The zero-order valence-corrected chi connectivity index (χ0v) is 6.50. The number of rotatable bonds is 0. The van der Waals surface area contributed by atoms with Gasteiger partial charge in [-0.3, -0.25) is 0 Å². The topological polar surface area (TPSA) is 35.2 Å². The summed E-state index contributed by atoms with van der Waals surface area (Å²) >= 11 is 0. The molecule has 1 heterocycles. The van der Waals surface area contributed by atoms with Crippen LogP contribution in [0.3, 0.4) is 0 Å². The fourth-order valence-electron chi connectivity index (χ4n) is 1.34. The third kappa shape index (κ3) is 0.994. The van der Waals surface area contributed by atoms with Crippen LogP contribution in [0.2, 0.25) is 0 Å². The molecule has 0 aliphatic carbocycles. The van der Waals surface area contributed by atoms with E-state index in [2.05, 4.69) is 6.07 Å². The van der Waals surface area contributed by atoms with Crippen LogP contribution in [-0.2, 0) is 0 Å². The van der Waals surface area contributed by atoms with E-state index in [9.17, 15) is 0 Å². The lowest BCUT2D eigenvalue weighted by molar-refractivity contribution is 0.333. The Bertz CT molecular complexity index is 283. The van der Waals surface area contributed by atoms with Crippen LogP contribution < -0.4 is 10.5 Å². The first-order valence-electron chi connectivity index (χ1n) is 3.76. The van der Waals surface area contributed by atoms with Crippen LogP contribution in [-0.4, -0.2) is 6.61 Å². The Morgan fingerprint density at radius 3 is 3.18 bits per heavy atom. The molecule has 0 radical (unpaired) electrons. The van der Waals surface area contributed by atoms with Gasteiger partial charge in [-0.25, -0.2) is 0 Å². The molecule has 1 aliphatic heterocycles. The fourth-order valence-corrected chi connectivity index (χ4v) is 1.34. The molecule has 11 heavy (non-hydrogen) atoms. The summed E-state index contributed by atoms with van der Waals surface area (Å²) in [6.45, 7) is 2.67. The lowest BCUT2D eigenvalue weighted by Gasteiger charge is -1.99. The molecule has 2 rings (SSSR count). The van der Waals surface area contributed by atoms with Crippen LogP contribution in [0, 0.1) is 6.92 Å². The Balaban J connectivity index is 2.50. The predicted molar refractivity (Wildman–Crippen MR) is 43.6 cm³/mol. The summed E-state index contributed by atoms with van der Waals surface area (Å²) in [4.78, 5) is 0. The van der Waals surface area contributed by atoms with Gasteiger partial charge in [0.15, 0.2) is 0 Å². The summed E-state index contributed by atoms with van der Waals surface area (Å²) in [5.74, 6) is 0.956. The van der Waals surface area contributed by atoms with E-state index in [0.717, 1.165) is 11.3 Å². The second-order valence-corrected chi connectivity index (χ2v) is 2.96. The third-order valence-electron chi connectivity index (χ3n) is 1.99. The first-order chi connectivity index (χ1) is 5.27. The van der Waals surface area contributed by atoms with Gasteiger partial charge in [0.2, 0.25) is 0 Å². The van der Waals surface area contributed by atoms with Crippen LogP contribution in [0.1, 0.15) is 17.2 Å². The normalized spacial score (nSPS) is 21.1. The van der Waals surface area contributed by atoms with Gasteiger partial charge in [-0.1, -0.05) is 12.1 Å². The van der Waals surface area contributed by atoms with E-state index in [1.54, 1.807) is 0 Å². The van der Waals surface area contributed by atoms with Crippen molar-refractivity contribution in [1.82, 2.24) is 0 Å². The highest BCUT2D eigenvalue weighted by Crippen LogP contribution is 2.30. The molecule has 1 aromatic rings. The highest BCUT2D eigenvalue weighted by Gasteiger charge is 2.19. The van der Waals surface area contributed by atoms with Crippen molar-refractivity contribution in [3.63, 3.8) is 0 Å². The van der Waals surface area contributed by atoms with Crippen molar-refractivity contribution in [3.05, 3.63) is 29.3 Å². The highest BCUT2D eigenvalue weighted by molar-refractivity contribution is 5.41. The molecular formula is C9H11NO. The summed E-state index contributed by atoms with van der Waals surface area (Å²) in [5, 5.41) is 0. The highest BCUT2D eigenvalue weighted by atomic mass is 16.5. The molecule has 0 amide bonds. The van der Waals surface area contributed by atoms with Crippen LogP contribution >= 0.6 is 0 Å². The zero-order chi connectivity index (χ0) is 7.84. The minimum atomic E-state index is 0.0746. The van der Waals surface area contributed by atoms with Crippen LogP contribution in [0.4, 0.5) is 0 Å². The van der Waals surface area contributed by atoms with E-state index in [1.807, 2.05) is 19.1 Å². The number of benzene rings is 1. The SMILES string of the molecule is Cc1ccc2c(c1)OC[C@H]2N. The average molecular weight is 149 g/mol. The van der Waals surface area contributed by atoms with E-state index >= 15 is 0 Å². The van der Waals surface area contributed by atoms with E-state index in [4.69, 9.17) is 10.5 Å². The Hall–Kier alpha value is -1.02. The molecule has 0 saturated heterocycles. The van der Waals surface area contributed by atoms with Crippen LogP contribution in [0.25, 0.3) is 0 Å². The molecule has 0 unspecified atom stereocenters. The van der Waals surface area contributed by atoms with Crippen molar-refractivity contribution in [2.24, 2.45) is 5.73 Å². The van der Waals surface area contributed by atoms with Crippen LogP contribution in [0.15, 0.2) is 18.2 Å². The molecule has 0 spiro atoms. The monoisotopic (exact) mass is 149 g/mol. The third-order valence-corrected chi connectivity index (χ3v) is 1.99. The second kappa shape index (κ2) is 2.24. The molecule has 2 N–H and O–H groups in total. The number of aryl methyl sites for hydroxylation is 1. The van der Waals surface area contributed by atoms with Gasteiger partial charge < -0.3 is 10.5 Å². The van der Waals surface area contributed by atoms with Gasteiger partial charge in [-0.05, 0) is 18.6 Å². The van der Waals surface area contributed by atoms with Crippen molar-refractivity contribution < 1.29 is 4.74 Å². The molecule has 0 saturated carbocycles. The largest absolute Gasteiger partial charge is 0.491 e. The Morgan fingerprint density at radius 1 is 1.55 bits per heavy atom. The van der Waals surface area contributed by atoms with Gasteiger partial charge in [0.1, 0.15) is 12.4 Å². The summed E-state index contributed by atoms with van der Waals surface area (Å²) < 4.78 is 5.37. The van der Waals surface area contributed by atoms with Crippen molar-refractivity contribution in [2.45, 2.75) is 13.0 Å². The van der Waals surface area contributed by atoms with Crippen molar-refractivity contribution in [2.75, 3.05) is 6.61 Å². The summed E-state index contributed by atoms with van der Waals surface area (Å²) in [6.07, 6.45) is 0.